The van der Waals surface area contributed by atoms with Gasteiger partial charge in [-0.1, -0.05) is 42.5 Å². The van der Waals surface area contributed by atoms with Crippen LogP contribution in [0.1, 0.15) is 23.5 Å². The molecule has 0 radical (unpaired) electrons. The van der Waals surface area contributed by atoms with E-state index in [-0.39, 0.29) is 5.92 Å². The van der Waals surface area contributed by atoms with E-state index in [9.17, 15) is 4.79 Å². The number of aryl methyl sites for hydroxylation is 1. The summed E-state index contributed by atoms with van der Waals surface area (Å²) in [5.74, 6) is 0.859. The number of aldehydes is 1. The van der Waals surface area contributed by atoms with Crippen LogP contribution in [0.4, 0.5) is 0 Å². The summed E-state index contributed by atoms with van der Waals surface area (Å²) < 4.78 is 5.69. The number of hydrogen-bond donors (Lipinski definition) is 0. The Balaban J connectivity index is 1.84. The largest absolute Gasteiger partial charge is 0.492 e. The number of likely N-dealkylation sites (N-methyl/N-ethyl adjacent to an activating group) is 1. The number of nitrogens with zero attached hydrogens (tertiary/aromatic N) is 1. The molecule has 0 fully saturated rings. The van der Waals surface area contributed by atoms with E-state index >= 15 is 0 Å². The van der Waals surface area contributed by atoms with Gasteiger partial charge in [-0.2, -0.15) is 0 Å². The van der Waals surface area contributed by atoms with Crippen molar-refractivity contribution in [3.8, 4) is 5.75 Å². The minimum atomic E-state index is -0.0350. The second-order valence-electron chi connectivity index (χ2n) is 5.99. The van der Waals surface area contributed by atoms with Crippen molar-refractivity contribution in [3.05, 3.63) is 65.7 Å². The molecule has 0 saturated heterocycles. The first-order chi connectivity index (χ1) is 11.2. The molecule has 0 aliphatic rings. The van der Waals surface area contributed by atoms with Gasteiger partial charge in [-0.3, -0.25) is 0 Å². The molecule has 2 aromatic carbocycles. The zero-order valence-corrected chi connectivity index (χ0v) is 13.9. The molecular formula is C20H25NO2. The summed E-state index contributed by atoms with van der Waals surface area (Å²) in [5.41, 5.74) is 2.32. The molecule has 0 bridgehead atoms. The fraction of sp³-hybridized carbons (Fsp3) is 0.350. The second-order valence-corrected chi connectivity index (χ2v) is 5.99. The van der Waals surface area contributed by atoms with Gasteiger partial charge in [0.25, 0.3) is 0 Å². The standard InChI is InChI=1S/C20H25NO2/c1-21(2)14-15-23-20-12-9-17(10-13-20)8-11-19(16-22)18-6-4-3-5-7-18/h3-7,9-10,12-13,16,19H,8,11,14-15H2,1-2H3. The minimum Gasteiger partial charge on any atom is -0.492 e. The highest BCUT2D eigenvalue weighted by Gasteiger charge is 2.10. The first-order valence-electron chi connectivity index (χ1n) is 8.06. The van der Waals surface area contributed by atoms with E-state index in [0.717, 1.165) is 37.0 Å². The number of carbonyl (C=O) groups excluding carboxylic acids is 1. The second kappa shape index (κ2) is 9.11. The first kappa shape index (κ1) is 17.2. The summed E-state index contributed by atoms with van der Waals surface area (Å²) >= 11 is 0. The zero-order chi connectivity index (χ0) is 16.5. The average Bonchev–Trinajstić information content (AvgIpc) is 2.57. The molecule has 3 heteroatoms. The molecule has 3 nitrogen and oxygen atoms in total. The minimum absolute atomic E-state index is 0.0350. The van der Waals surface area contributed by atoms with Crippen molar-refractivity contribution in [1.82, 2.24) is 4.90 Å². The van der Waals surface area contributed by atoms with Gasteiger partial charge in [-0.05, 0) is 50.2 Å². The van der Waals surface area contributed by atoms with E-state index in [0.29, 0.717) is 6.61 Å². The van der Waals surface area contributed by atoms with E-state index < -0.39 is 0 Å². The molecule has 0 saturated carbocycles. The molecule has 0 amide bonds. The van der Waals surface area contributed by atoms with Crippen LogP contribution in [0.5, 0.6) is 5.75 Å². The SMILES string of the molecule is CN(C)CCOc1ccc(CCC(C=O)c2ccccc2)cc1. The van der Waals surface area contributed by atoms with Gasteiger partial charge in [0.15, 0.2) is 0 Å². The number of rotatable bonds is 9. The smallest absolute Gasteiger partial charge is 0.127 e. The van der Waals surface area contributed by atoms with Crippen LogP contribution >= 0.6 is 0 Å². The maximum absolute atomic E-state index is 11.3. The lowest BCUT2D eigenvalue weighted by Crippen LogP contribution is -2.19. The normalized spacial score (nSPS) is 12.1. The fourth-order valence-electron chi connectivity index (χ4n) is 2.43. The quantitative estimate of drug-likeness (QED) is 0.663. The highest BCUT2D eigenvalue weighted by molar-refractivity contribution is 5.62. The number of hydrogen-bond acceptors (Lipinski definition) is 3. The van der Waals surface area contributed by atoms with Crippen LogP contribution in [0, 0.1) is 0 Å². The van der Waals surface area contributed by atoms with Crippen LogP contribution < -0.4 is 4.74 Å². The van der Waals surface area contributed by atoms with Crippen LogP contribution in [0.3, 0.4) is 0 Å². The van der Waals surface area contributed by atoms with E-state index in [4.69, 9.17) is 4.74 Å². The van der Waals surface area contributed by atoms with Gasteiger partial charge in [0.1, 0.15) is 18.6 Å². The van der Waals surface area contributed by atoms with Gasteiger partial charge in [0.05, 0.1) is 0 Å². The average molecular weight is 311 g/mol. The monoisotopic (exact) mass is 311 g/mol. The fourth-order valence-corrected chi connectivity index (χ4v) is 2.43. The molecule has 0 aromatic heterocycles. The predicted octanol–water partition coefficient (Wildman–Crippen LogP) is 3.54. The Labute approximate surface area is 138 Å². The van der Waals surface area contributed by atoms with Crippen molar-refractivity contribution >= 4 is 6.29 Å². The Morgan fingerprint density at radius 3 is 2.35 bits per heavy atom. The van der Waals surface area contributed by atoms with Crippen molar-refractivity contribution in [2.45, 2.75) is 18.8 Å². The van der Waals surface area contributed by atoms with Crippen LogP contribution in [-0.4, -0.2) is 38.4 Å². The van der Waals surface area contributed by atoms with E-state index in [1.165, 1.54) is 5.56 Å². The van der Waals surface area contributed by atoms with Gasteiger partial charge in [0.2, 0.25) is 0 Å². The molecule has 0 spiro atoms. The van der Waals surface area contributed by atoms with Gasteiger partial charge in [-0.15, -0.1) is 0 Å². The van der Waals surface area contributed by atoms with E-state index in [1.54, 1.807) is 0 Å². The molecule has 23 heavy (non-hydrogen) atoms. The Morgan fingerprint density at radius 2 is 1.74 bits per heavy atom. The molecule has 0 heterocycles. The van der Waals surface area contributed by atoms with Crippen LogP contribution in [0.2, 0.25) is 0 Å². The summed E-state index contributed by atoms with van der Waals surface area (Å²) in [5, 5.41) is 0. The van der Waals surface area contributed by atoms with Gasteiger partial charge < -0.3 is 14.4 Å². The first-order valence-corrected chi connectivity index (χ1v) is 8.06. The lowest BCUT2D eigenvalue weighted by atomic mass is 9.94. The third-order valence-corrected chi connectivity index (χ3v) is 3.87. The molecule has 2 aromatic rings. The maximum atomic E-state index is 11.3. The molecular weight excluding hydrogens is 286 g/mol. The van der Waals surface area contributed by atoms with E-state index in [2.05, 4.69) is 17.0 Å². The summed E-state index contributed by atoms with van der Waals surface area (Å²) in [6.45, 7) is 1.59. The summed E-state index contributed by atoms with van der Waals surface area (Å²) in [6, 6.07) is 18.1. The van der Waals surface area contributed by atoms with E-state index in [1.807, 2.05) is 56.6 Å². The Hall–Kier alpha value is -2.13. The van der Waals surface area contributed by atoms with Crippen molar-refractivity contribution < 1.29 is 9.53 Å². The summed E-state index contributed by atoms with van der Waals surface area (Å²) in [7, 11) is 4.06. The lowest BCUT2D eigenvalue weighted by molar-refractivity contribution is -0.109. The van der Waals surface area contributed by atoms with Gasteiger partial charge in [-0.25, -0.2) is 0 Å². The Morgan fingerprint density at radius 1 is 1.04 bits per heavy atom. The molecule has 2 rings (SSSR count). The van der Waals surface area contributed by atoms with Gasteiger partial charge in [0, 0.05) is 12.5 Å². The summed E-state index contributed by atoms with van der Waals surface area (Å²) in [6.07, 6.45) is 2.76. The van der Waals surface area contributed by atoms with Crippen molar-refractivity contribution in [1.29, 1.82) is 0 Å². The third-order valence-electron chi connectivity index (χ3n) is 3.87. The number of carbonyl (C=O) groups is 1. The Bertz CT molecular complexity index is 578. The Kier molecular flexibility index (Phi) is 6.82. The van der Waals surface area contributed by atoms with Crippen LogP contribution in [-0.2, 0) is 11.2 Å². The molecule has 1 unspecified atom stereocenters. The van der Waals surface area contributed by atoms with Crippen LogP contribution in [0.15, 0.2) is 54.6 Å². The third kappa shape index (κ3) is 5.87. The molecule has 122 valence electrons. The van der Waals surface area contributed by atoms with Crippen LogP contribution in [0.25, 0.3) is 0 Å². The maximum Gasteiger partial charge on any atom is 0.127 e. The molecule has 0 N–H and O–H groups in total. The predicted molar refractivity (Wildman–Crippen MR) is 94.1 cm³/mol. The zero-order valence-electron chi connectivity index (χ0n) is 13.9. The number of benzene rings is 2. The topological polar surface area (TPSA) is 29.5 Å². The molecule has 0 aliphatic carbocycles. The highest BCUT2D eigenvalue weighted by Crippen LogP contribution is 2.21. The van der Waals surface area contributed by atoms with Crippen molar-refractivity contribution in [3.63, 3.8) is 0 Å². The van der Waals surface area contributed by atoms with Crippen molar-refractivity contribution in [2.24, 2.45) is 0 Å². The molecule has 1 atom stereocenters. The van der Waals surface area contributed by atoms with Gasteiger partial charge >= 0.3 is 0 Å². The van der Waals surface area contributed by atoms with Crippen molar-refractivity contribution in [2.75, 3.05) is 27.2 Å². The lowest BCUT2D eigenvalue weighted by Gasteiger charge is -2.12. The highest BCUT2D eigenvalue weighted by atomic mass is 16.5. The molecule has 0 aliphatic heterocycles. The summed E-state index contributed by atoms with van der Waals surface area (Å²) in [4.78, 5) is 13.4. The number of ether oxygens (including phenoxy) is 1.